The third kappa shape index (κ3) is 3.30. The molecule has 1 aromatic carbocycles. The van der Waals surface area contributed by atoms with Crippen LogP contribution in [0.5, 0.6) is 5.75 Å². The van der Waals surface area contributed by atoms with Gasteiger partial charge >= 0.3 is 0 Å². The predicted octanol–water partition coefficient (Wildman–Crippen LogP) is 3.88. The van der Waals surface area contributed by atoms with Gasteiger partial charge in [0.2, 0.25) is 0 Å². The Balaban J connectivity index is 2.23. The maximum atomic E-state index is 13.2. The van der Waals surface area contributed by atoms with E-state index in [1.165, 1.54) is 6.07 Å². The first-order valence-electron chi connectivity index (χ1n) is 6.01. The van der Waals surface area contributed by atoms with Crippen molar-refractivity contribution < 1.29 is 13.5 Å². The van der Waals surface area contributed by atoms with Crippen LogP contribution in [0.25, 0.3) is 0 Å². The molecule has 0 fully saturated rings. The first-order valence-corrected chi connectivity index (χ1v) is 6.95. The van der Waals surface area contributed by atoms with Crippen LogP contribution in [0.4, 0.5) is 8.78 Å². The van der Waals surface area contributed by atoms with E-state index in [1.54, 1.807) is 11.3 Å². The zero-order valence-electron chi connectivity index (χ0n) is 10.5. The zero-order chi connectivity index (χ0) is 13.8. The van der Waals surface area contributed by atoms with E-state index in [1.807, 2.05) is 23.8 Å². The second kappa shape index (κ2) is 6.12. The summed E-state index contributed by atoms with van der Waals surface area (Å²) in [7, 11) is 0. The number of thiophene rings is 1. The second-order valence-electron chi connectivity index (χ2n) is 4.24. The Hall–Kier alpha value is -1.46. The average molecular weight is 283 g/mol. The largest absolute Gasteiger partial charge is 0.484 e. The summed E-state index contributed by atoms with van der Waals surface area (Å²) in [6, 6.07) is 5.21. The molecule has 2 aromatic rings. The number of ether oxygens (including phenoxy) is 1. The Morgan fingerprint density at radius 1 is 1.26 bits per heavy atom. The number of nitrogens with two attached hydrogens (primary N) is 1. The summed E-state index contributed by atoms with van der Waals surface area (Å²) >= 11 is 1.54. The Morgan fingerprint density at radius 2 is 2.05 bits per heavy atom. The topological polar surface area (TPSA) is 35.2 Å². The van der Waals surface area contributed by atoms with Crippen molar-refractivity contribution in [3.63, 3.8) is 0 Å². The van der Waals surface area contributed by atoms with Gasteiger partial charge in [0.1, 0.15) is 11.9 Å². The molecule has 2 unspecified atom stereocenters. The van der Waals surface area contributed by atoms with E-state index >= 15 is 0 Å². The van der Waals surface area contributed by atoms with Crippen molar-refractivity contribution in [2.24, 2.45) is 5.73 Å². The standard InChI is InChI=1S/C14H15F2NOS/c1-2-13(17)14(9-5-6-19-8-9)18-10-3-4-11(15)12(16)7-10/h3-8,13-14H,2,17H2,1H3. The highest BCUT2D eigenvalue weighted by Crippen LogP contribution is 2.27. The number of hydrogen-bond donors (Lipinski definition) is 1. The number of benzene rings is 1. The van der Waals surface area contributed by atoms with Crippen LogP contribution in [-0.4, -0.2) is 6.04 Å². The van der Waals surface area contributed by atoms with Gasteiger partial charge in [-0.2, -0.15) is 11.3 Å². The van der Waals surface area contributed by atoms with E-state index in [0.29, 0.717) is 0 Å². The molecular weight excluding hydrogens is 268 g/mol. The summed E-state index contributed by atoms with van der Waals surface area (Å²) in [5, 5.41) is 3.87. The van der Waals surface area contributed by atoms with Crippen molar-refractivity contribution in [2.75, 3.05) is 0 Å². The lowest BCUT2D eigenvalue weighted by atomic mass is 10.0. The fourth-order valence-corrected chi connectivity index (χ4v) is 2.43. The van der Waals surface area contributed by atoms with Gasteiger partial charge < -0.3 is 10.5 Å². The van der Waals surface area contributed by atoms with Crippen LogP contribution in [0.15, 0.2) is 35.0 Å². The van der Waals surface area contributed by atoms with E-state index in [-0.39, 0.29) is 17.9 Å². The van der Waals surface area contributed by atoms with Crippen LogP contribution in [0.3, 0.4) is 0 Å². The van der Waals surface area contributed by atoms with Crippen molar-refractivity contribution in [1.29, 1.82) is 0 Å². The summed E-state index contributed by atoms with van der Waals surface area (Å²) < 4.78 is 31.8. The molecule has 5 heteroatoms. The van der Waals surface area contributed by atoms with Gasteiger partial charge in [0.05, 0.1) is 0 Å². The molecule has 2 N–H and O–H groups in total. The van der Waals surface area contributed by atoms with Crippen molar-refractivity contribution in [3.8, 4) is 5.75 Å². The van der Waals surface area contributed by atoms with Gasteiger partial charge in [0.25, 0.3) is 0 Å². The van der Waals surface area contributed by atoms with Gasteiger partial charge in [-0.1, -0.05) is 6.92 Å². The normalized spacial score (nSPS) is 14.1. The Bertz CT molecular complexity index is 530. The van der Waals surface area contributed by atoms with Crippen LogP contribution in [-0.2, 0) is 0 Å². The summed E-state index contributed by atoms with van der Waals surface area (Å²) in [6.07, 6.45) is 0.366. The number of hydrogen-bond acceptors (Lipinski definition) is 3. The third-order valence-corrected chi connectivity index (χ3v) is 3.59. The van der Waals surface area contributed by atoms with Gasteiger partial charge in [0, 0.05) is 17.7 Å². The van der Waals surface area contributed by atoms with Gasteiger partial charge in [-0.25, -0.2) is 8.78 Å². The summed E-state index contributed by atoms with van der Waals surface area (Å²) in [5.74, 6) is -1.54. The zero-order valence-corrected chi connectivity index (χ0v) is 11.3. The predicted molar refractivity (Wildman–Crippen MR) is 72.3 cm³/mol. The maximum Gasteiger partial charge on any atom is 0.162 e. The molecule has 0 aliphatic rings. The fraction of sp³-hybridized carbons (Fsp3) is 0.286. The molecule has 0 radical (unpaired) electrons. The molecule has 2 atom stereocenters. The molecule has 0 aliphatic heterocycles. The molecule has 0 spiro atoms. The Kier molecular flexibility index (Phi) is 4.50. The third-order valence-electron chi connectivity index (χ3n) is 2.89. The van der Waals surface area contributed by atoms with E-state index in [9.17, 15) is 8.78 Å². The molecule has 0 saturated carbocycles. The van der Waals surface area contributed by atoms with Crippen LogP contribution in [0.1, 0.15) is 25.0 Å². The molecule has 0 saturated heterocycles. The lowest BCUT2D eigenvalue weighted by molar-refractivity contribution is 0.170. The molecule has 0 amide bonds. The number of rotatable bonds is 5. The van der Waals surface area contributed by atoms with Crippen LogP contribution in [0.2, 0.25) is 0 Å². The average Bonchev–Trinajstić information content (AvgIpc) is 2.93. The van der Waals surface area contributed by atoms with Crippen molar-refractivity contribution in [1.82, 2.24) is 0 Å². The Morgan fingerprint density at radius 3 is 2.63 bits per heavy atom. The fourth-order valence-electron chi connectivity index (χ4n) is 1.75. The quantitative estimate of drug-likeness (QED) is 0.903. The summed E-state index contributed by atoms with van der Waals surface area (Å²) in [4.78, 5) is 0. The van der Waals surface area contributed by atoms with Crippen LogP contribution < -0.4 is 10.5 Å². The van der Waals surface area contributed by atoms with E-state index in [0.717, 1.165) is 24.1 Å². The van der Waals surface area contributed by atoms with Crippen molar-refractivity contribution >= 4 is 11.3 Å². The van der Waals surface area contributed by atoms with Gasteiger partial charge in [0.15, 0.2) is 11.6 Å². The Labute approximate surface area is 114 Å². The first-order chi connectivity index (χ1) is 9.11. The lowest BCUT2D eigenvalue weighted by Crippen LogP contribution is -2.31. The van der Waals surface area contributed by atoms with Gasteiger partial charge in [-0.15, -0.1) is 0 Å². The van der Waals surface area contributed by atoms with Crippen LogP contribution >= 0.6 is 11.3 Å². The molecule has 2 rings (SSSR count). The minimum Gasteiger partial charge on any atom is -0.484 e. The molecule has 2 nitrogen and oxygen atoms in total. The van der Waals surface area contributed by atoms with E-state index in [2.05, 4.69) is 0 Å². The molecular formula is C14H15F2NOS. The highest BCUT2D eigenvalue weighted by atomic mass is 32.1. The highest BCUT2D eigenvalue weighted by Gasteiger charge is 2.21. The first kappa shape index (κ1) is 14.0. The van der Waals surface area contributed by atoms with E-state index in [4.69, 9.17) is 10.5 Å². The monoisotopic (exact) mass is 283 g/mol. The lowest BCUT2D eigenvalue weighted by Gasteiger charge is -2.23. The molecule has 19 heavy (non-hydrogen) atoms. The maximum absolute atomic E-state index is 13.2. The molecule has 102 valence electrons. The molecule has 0 aliphatic carbocycles. The summed E-state index contributed by atoms with van der Waals surface area (Å²) in [6.45, 7) is 1.96. The van der Waals surface area contributed by atoms with Crippen molar-refractivity contribution in [3.05, 3.63) is 52.2 Å². The van der Waals surface area contributed by atoms with Gasteiger partial charge in [-0.05, 0) is 35.4 Å². The number of halogens is 2. The van der Waals surface area contributed by atoms with Crippen molar-refractivity contribution in [2.45, 2.75) is 25.5 Å². The van der Waals surface area contributed by atoms with E-state index < -0.39 is 11.6 Å². The SMILES string of the molecule is CCC(N)C(Oc1ccc(F)c(F)c1)c1ccsc1. The molecule has 1 heterocycles. The second-order valence-corrected chi connectivity index (χ2v) is 5.02. The molecule has 1 aromatic heterocycles. The van der Waals surface area contributed by atoms with Crippen LogP contribution in [0, 0.1) is 11.6 Å². The smallest absolute Gasteiger partial charge is 0.162 e. The highest BCUT2D eigenvalue weighted by molar-refractivity contribution is 7.07. The minimum atomic E-state index is -0.924. The molecule has 0 bridgehead atoms. The summed E-state index contributed by atoms with van der Waals surface area (Å²) in [5.41, 5.74) is 6.98. The van der Waals surface area contributed by atoms with Gasteiger partial charge in [-0.3, -0.25) is 0 Å². The minimum absolute atomic E-state index is 0.206.